The average molecular weight is 253 g/mol. The van der Waals surface area contributed by atoms with Crippen LogP contribution in [0.2, 0.25) is 0 Å². The lowest BCUT2D eigenvalue weighted by Crippen LogP contribution is -2.34. The molecule has 5 heteroatoms. The second kappa shape index (κ2) is 9.82. The second-order valence-corrected chi connectivity index (χ2v) is 4.00. The first-order valence-electron chi connectivity index (χ1n) is 6.21. The van der Waals surface area contributed by atoms with Crippen molar-refractivity contribution in [1.29, 1.82) is 0 Å². The summed E-state index contributed by atoms with van der Waals surface area (Å²) in [4.78, 5) is 6.38. The van der Waals surface area contributed by atoms with E-state index in [1.54, 1.807) is 20.4 Å². The Hall–Kier alpha value is -1.17. The molecule has 1 heterocycles. The third-order valence-electron chi connectivity index (χ3n) is 2.64. The monoisotopic (exact) mass is 253 g/mol. The van der Waals surface area contributed by atoms with Crippen molar-refractivity contribution in [2.45, 2.75) is 0 Å². The molecule has 0 fully saturated rings. The molecule has 0 aliphatic carbocycles. The van der Waals surface area contributed by atoms with Gasteiger partial charge in [-0.25, -0.2) is 0 Å². The number of aromatic nitrogens is 1. The van der Waals surface area contributed by atoms with Crippen LogP contribution >= 0.6 is 0 Å². The number of nitrogens with zero attached hydrogens (tertiary/aromatic N) is 2. The molecule has 0 saturated heterocycles. The molecule has 102 valence electrons. The summed E-state index contributed by atoms with van der Waals surface area (Å²) in [6.07, 6.45) is 3.60. The van der Waals surface area contributed by atoms with E-state index in [0.29, 0.717) is 0 Å². The van der Waals surface area contributed by atoms with Crippen LogP contribution in [0.15, 0.2) is 24.5 Å². The topological polar surface area (TPSA) is 46.6 Å². The number of ether oxygens (including phenoxy) is 2. The zero-order valence-electron chi connectivity index (χ0n) is 11.3. The lowest BCUT2D eigenvalue weighted by Gasteiger charge is -2.21. The Morgan fingerprint density at radius 3 is 2.44 bits per heavy atom. The van der Waals surface area contributed by atoms with E-state index in [2.05, 4.69) is 15.2 Å². The number of rotatable bonds is 10. The molecule has 1 aromatic heterocycles. The predicted molar refractivity (Wildman–Crippen MR) is 72.9 cm³/mol. The molecule has 0 saturated carbocycles. The fourth-order valence-corrected chi connectivity index (χ4v) is 1.60. The lowest BCUT2D eigenvalue weighted by molar-refractivity contribution is 0.116. The normalized spacial score (nSPS) is 10.8. The summed E-state index contributed by atoms with van der Waals surface area (Å²) in [5.41, 5.74) is 1.05. The smallest absolute Gasteiger partial charge is 0.0589 e. The molecule has 0 bridgehead atoms. The van der Waals surface area contributed by atoms with Crippen LogP contribution in [0.5, 0.6) is 0 Å². The maximum Gasteiger partial charge on any atom is 0.0589 e. The van der Waals surface area contributed by atoms with Crippen LogP contribution in [0.3, 0.4) is 0 Å². The summed E-state index contributed by atoms with van der Waals surface area (Å²) in [5, 5.41) is 3.34. The summed E-state index contributed by atoms with van der Waals surface area (Å²) < 4.78 is 10.2. The number of nitrogens with one attached hydrogen (secondary N) is 1. The summed E-state index contributed by atoms with van der Waals surface area (Å²) >= 11 is 0. The first-order chi connectivity index (χ1) is 8.86. The second-order valence-electron chi connectivity index (χ2n) is 4.00. The van der Waals surface area contributed by atoms with Gasteiger partial charge in [-0.05, 0) is 12.1 Å². The number of methoxy groups -OCH3 is 2. The zero-order valence-corrected chi connectivity index (χ0v) is 11.3. The Kier molecular flexibility index (Phi) is 8.12. The van der Waals surface area contributed by atoms with Gasteiger partial charge in [-0.15, -0.1) is 0 Å². The van der Waals surface area contributed by atoms with Gasteiger partial charge in [0.15, 0.2) is 0 Å². The van der Waals surface area contributed by atoms with Crippen molar-refractivity contribution in [3.05, 3.63) is 24.5 Å². The van der Waals surface area contributed by atoms with Crippen LogP contribution in [0.4, 0.5) is 5.69 Å². The summed E-state index contributed by atoms with van der Waals surface area (Å²) in [7, 11) is 3.45. The quantitative estimate of drug-likeness (QED) is 0.676. The van der Waals surface area contributed by atoms with Crippen molar-refractivity contribution in [2.75, 3.05) is 58.9 Å². The van der Waals surface area contributed by atoms with E-state index in [1.165, 1.54) is 0 Å². The molecule has 0 radical (unpaired) electrons. The molecular formula is C13H23N3O2. The fourth-order valence-electron chi connectivity index (χ4n) is 1.60. The number of hydrogen-bond donors (Lipinski definition) is 1. The first kappa shape index (κ1) is 14.9. The highest BCUT2D eigenvalue weighted by molar-refractivity contribution is 5.39. The number of hydrogen-bond acceptors (Lipinski definition) is 5. The van der Waals surface area contributed by atoms with Gasteiger partial charge in [-0.1, -0.05) is 0 Å². The molecule has 0 aliphatic heterocycles. The van der Waals surface area contributed by atoms with Crippen LogP contribution in [-0.4, -0.2) is 63.5 Å². The molecule has 0 aliphatic rings. The third-order valence-corrected chi connectivity index (χ3v) is 2.64. The lowest BCUT2D eigenvalue weighted by atomic mass is 10.4. The van der Waals surface area contributed by atoms with Gasteiger partial charge in [0.2, 0.25) is 0 Å². The largest absolute Gasteiger partial charge is 0.383 e. The van der Waals surface area contributed by atoms with Gasteiger partial charge >= 0.3 is 0 Å². The molecule has 0 aromatic carbocycles. The Labute approximate surface area is 109 Å². The molecule has 0 amide bonds. The molecule has 1 aromatic rings. The van der Waals surface area contributed by atoms with Gasteiger partial charge in [0.25, 0.3) is 0 Å². The number of pyridine rings is 1. The van der Waals surface area contributed by atoms with E-state index in [0.717, 1.165) is 45.1 Å². The van der Waals surface area contributed by atoms with E-state index in [-0.39, 0.29) is 0 Å². The van der Waals surface area contributed by atoms with Gasteiger partial charge in [0, 0.05) is 52.8 Å². The van der Waals surface area contributed by atoms with Crippen LogP contribution < -0.4 is 5.32 Å². The molecule has 0 atom stereocenters. The molecule has 18 heavy (non-hydrogen) atoms. The van der Waals surface area contributed by atoms with Crippen molar-refractivity contribution < 1.29 is 9.47 Å². The minimum Gasteiger partial charge on any atom is -0.383 e. The highest BCUT2D eigenvalue weighted by Crippen LogP contribution is 2.01. The third kappa shape index (κ3) is 6.54. The van der Waals surface area contributed by atoms with E-state index >= 15 is 0 Å². The summed E-state index contributed by atoms with van der Waals surface area (Å²) in [6, 6.07) is 3.94. The van der Waals surface area contributed by atoms with Gasteiger partial charge < -0.3 is 14.8 Å². The van der Waals surface area contributed by atoms with Crippen molar-refractivity contribution >= 4 is 5.69 Å². The molecular weight excluding hydrogens is 230 g/mol. The van der Waals surface area contributed by atoms with Crippen LogP contribution in [0.1, 0.15) is 0 Å². The first-order valence-corrected chi connectivity index (χ1v) is 6.21. The standard InChI is InChI=1S/C13H23N3O2/c1-17-10-8-16(9-11-18-2)7-6-15-13-4-3-5-14-12-13/h3-5,12,15H,6-11H2,1-2H3. The molecule has 0 spiro atoms. The average Bonchev–Trinajstić information content (AvgIpc) is 2.42. The van der Waals surface area contributed by atoms with Crippen LogP contribution in [-0.2, 0) is 9.47 Å². The van der Waals surface area contributed by atoms with E-state index in [9.17, 15) is 0 Å². The van der Waals surface area contributed by atoms with Crippen molar-refractivity contribution in [3.63, 3.8) is 0 Å². The summed E-state index contributed by atoms with van der Waals surface area (Å²) in [5.74, 6) is 0. The van der Waals surface area contributed by atoms with Gasteiger partial charge in [-0.2, -0.15) is 0 Å². The molecule has 5 nitrogen and oxygen atoms in total. The van der Waals surface area contributed by atoms with E-state index in [1.807, 2.05) is 18.3 Å². The van der Waals surface area contributed by atoms with E-state index < -0.39 is 0 Å². The Morgan fingerprint density at radius 2 is 1.89 bits per heavy atom. The summed E-state index contributed by atoms with van der Waals surface area (Å²) in [6.45, 7) is 5.19. The minimum absolute atomic E-state index is 0.747. The highest BCUT2D eigenvalue weighted by Gasteiger charge is 2.03. The minimum atomic E-state index is 0.747. The fraction of sp³-hybridized carbons (Fsp3) is 0.615. The SMILES string of the molecule is COCCN(CCNc1cccnc1)CCOC. The Bertz CT molecular complexity index is 288. The van der Waals surface area contributed by atoms with Gasteiger partial charge in [0.05, 0.1) is 18.9 Å². The maximum absolute atomic E-state index is 5.10. The Balaban J connectivity index is 2.23. The molecule has 1 rings (SSSR count). The van der Waals surface area contributed by atoms with Crippen molar-refractivity contribution in [2.24, 2.45) is 0 Å². The number of anilines is 1. The Morgan fingerprint density at radius 1 is 1.17 bits per heavy atom. The van der Waals surface area contributed by atoms with Crippen LogP contribution in [0.25, 0.3) is 0 Å². The maximum atomic E-state index is 5.10. The molecule has 0 unspecified atom stereocenters. The predicted octanol–water partition coefficient (Wildman–Crippen LogP) is 1.09. The van der Waals surface area contributed by atoms with Crippen molar-refractivity contribution in [3.8, 4) is 0 Å². The zero-order chi connectivity index (χ0) is 13.1. The van der Waals surface area contributed by atoms with Gasteiger partial charge in [-0.3, -0.25) is 9.88 Å². The van der Waals surface area contributed by atoms with E-state index in [4.69, 9.17) is 9.47 Å². The molecule has 1 N–H and O–H groups in total. The van der Waals surface area contributed by atoms with Crippen molar-refractivity contribution in [1.82, 2.24) is 9.88 Å². The van der Waals surface area contributed by atoms with Gasteiger partial charge in [0.1, 0.15) is 0 Å². The van der Waals surface area contributed by atoms with Crippen LogP contribution in [0, 0.1) is 0 Å². The highest BCUT2D eigenvalue weighted by atomic mass is 16.5.